The van der Waals surface area contributed by atoms with Gasteiger partial charge in [0.05, 0.1) is 0 Å². The van der Waals surface area contributed by atoms with Crippen molar-refractivity contribution >= 4 is 44.3 Å². The van der Waals surface area contributed by atoms with Gasteiger partial charge in [-0.1, -0.05) is 115 Å². The van der Waals surface area contributed by atoms with Crippen molar-refractivity contribution in [2.75, 3.05) is 0 Å². The fraction of sp³-hybridized carbons (Fsp3) is 0.0952. The molecule has 0 bridgehead atoms. The van der Waals surface area contributed by atoms with Gasteiger partial charge in [0, 0.05) is 10.9 Å². The number of hydrogen-bond acceptors (Lipinski definition) is 1. The highest BCUT2D eigenvalue weighted by Crippen LogP contribution is 2.48. The minimum Gasteiger partial charge on any atom is -0.456 e. The number of fused-ring (bicyclic) bond motifs is 4. The smallest absolute Gasteiger partial charge is 0.135 e. The Bertz CT molecular complexity index is 2210. The molecular weight excluding hydrogens is 520 g/mol. The molecule has 0 saturated carbocycles. The maximum Gasteiger partial charge on any atom is 0.135 e. The predicted octanol–water partition coefficient (Wildman–Crippen LogP) is 11.5. The van der Waals surface area contributed by atoms with Crippen LogP contribution in [0.2, 0.25) is 0 Å². The van der Waals surface area contributed by atoms with Crippen LogP contribution in [0.5, 0.6) is 11.5 Å². The van der Waals surface area contributed by atoms with Crippen LogP contribution in [0.1, 0.15) is 47.1 Å². The summed E-state index contributed by atoms with van der Waals surface area (Å²) in [5.41, 5.74) is 13.5. The fourth-order valence-electron chi connectivity index (χ4n) is 7.27. The number of para-hydroxylation sites is 1. The topological polar surface area (TPSA) is 9.23 Å². The van der Waals surface area contributed by atoms with E-state index in [0.717, 1.165) is 37.2 Å². The Labute approximate surface area is 252 Å². The third-order valence-electron chi connectivity index (χ3n) is 9.52. The number of aryl methyl sites for hydroxylation is 1. The lowest BCUT2D eigenvalue weighted by Gasteiger charge is -2.24. The van der Waals surface area contributed by atoms with Crippen molar-refractivity contribution in [3.63, 3.8) is 0 Å². The molecule has 0 amide bonds. The Morgan fingerprint density at radius 1 is 0.465 bits per heavy atom. The number of allylic oxidation sites excluding steroid dienone is 5. The third-order valence-corrected chi connectivity index (χ3v) is 9.52. The second-order valence-electron chi connectivity index (χ2n) is 12.0. The van der Waals surface area contributed by atoms with Crippen LogP contribution in [0.15, 0.2) is 127 Å². The zero-order valence-electron chi connectivity index (χ0n) is 23.9. The van der Waals surface area contributed by atoms with Gasteiger partial charge in [-0.2, -0.15) is 0 Å². The molecule has 6 aromatic rings. The van der Waals surface area contributed by atoms with Crippen LogP contribution in [0.3, 0.4) is 0 Å². The molecule has 204 valence electrons. The number of benzene rings is 6. The lowest BCUT2D eigenvalue weighted by atomic mass is 9.84. The first kappa shape index (κ1) is 24.5. The summed E-state index contributed by atoms with van der Waals surface area (Å²) >= 11 is 0. The van der Waals surface area contributed by atoms with Crippen molar-refractivity contribution in [3.05, 3.63) is 155 Å². The second kappa shape index (κ2) is 9.71. The zero-order chi connectivity index (χ0) is 28.3. The van der Waals surface area contributed by atoms with Gasteiger partial charge in [-0.15, -0.1) is 0 Å². The van der Waals surface area contributed by atoms with Crippen LogP contribution in [0.4, 0.5) is 0 Å². The fourth-order valence-corrected chi connectivity index (χ4v) is 7.27. The van der Waals surface area contributed by atoms with E-state index in [1.54, 1.807) is 0 Å². The van der Waals surface area contributed by atoms with E-state index in [1.807, 2.05) is 6.07 Å². The van der Waals surface area contributed by atoms with Gasteiger partial charge in [0.1, 0.15) is 11.5 Å². The molecule has 1 nitrogen and oxygen atoms in total. The quantitative estimate of drug-likeness (QED) is 0.213. The van der Waals surface area contributed by atoms with Crippen molar-refractivity contribution in [2.45, 2.75) is 25.7 Å². The molecule has 43 heavy (non-hydrogen) atoms. The van der Waals surface area contributed by atoms with Gasteiger partial charge < -0.3 is 4.74 Å². The molecule has 9 rings (SSSR count). The summed E-state index contributed by atoms with van der Waals surface area (Å²) in [5, 5.41) is 5.11. The van der Waals surface area contributed by atoms with Gasteiger partial charge in [-0.05, 0) is 110 Å². The van der Waals surface area contributed by atoms with Crippen LogP contribution in [-0.2, 0) is 6.42 Å². The largest absolute Gasteiger partial charge is 0.456 e. The van der Waals surface area contributed by atoms with Gasteiger partial charge in [-0.25, -0.2) is 0 Å². The van der Waals surface area contributed by atoms with E-state index in [2.05, 4.69) is 127 Å². The first-order valence-electron chi connectivity index (χ1n) is 15.3. The minimum atomic E-state index is 0.935. The predicted molar refractivity (Wildman–Crippen MR) is 181 cm³/mol. The summed E-state index contributed by atoms with van der Waals surface area (Å²) in [6.45, 7) is 0. The van der Waals surface area contributed by atoms with E-state index in [-0.39, 0.29) is 0 Å². The van der Waals surface area contributed by atoms with Gasteiger partial charge in [0.2, 0.25) is 0 Å². The van der Waals surface area contributed by atoms with Gasteiger partial charge in [-0.3, -0.25) is 0 Å². The Balaban J connectivity index is 1.03. The molecule has 1 heterocycles. The highest BCUT2D eigenvalue weighted by Gasteiger charge is 2.22. The lowest BCUT2D eigenvalue weighted by Crippen LogP contribution is -2.02. The first-order valence-corrected chi connectivity index (χ1v) is 15.3. The Morgan fingerprint density at radius 3 is 2.16 bits per heavy atom. The van der Waals surface area contributed by atoms with E-state index in [4.69, 9.17) is 4.74 Å². The molecule has 3 aliphatic rings. The molecule has 0 spiro atoms. The summed E-state index contributed by atoms with van der Waals surface area (Å²) in [4.78, 5) is 0. The molecule has 6 aromatic carbocycles. The maximum absolute atomic E-state index is 6.33. The highest BCUT2D eigenvalue weighted by atomic mass is 16.5. The normalized spacial score (nSPS) is 15.2. The first-order chi connectivity index (χ1) is 21.3. The molecule has 0 atom stereocenters. The van der Waals surface area contributed by atoms with Gasteiger partial charge in [0.15, 0.2) is 0 Å². The molecule has 0 saturated heterocycles. The van der Waals surface area contributed by atoms with E-state index < -0.39 is 0 Å². The van der Waals surface area contributed by atoms with Crippen molar-refractivity contribution in [3.8, 4) is 22.6 Å². The zero-order valence-corrected chi connectivity index (χ0v) is 23.9. The molecular formula is C42H30O. The summed E-state index contributed by atoms with van der Waals surface area (Å²) in [6, 6.07) is 42.0. The summed E-state index contributed by atoms with van der Waals surface area (Å²) < 4.78 is 6.33. The highest BCUT2D eigenvalue weighted by molar-refractivity contribution is 6.08. The Morgan fingerprint density at radius 2 is 1.23 bits per heavy atom. The van der Waals surface area contributed by atoms with Crippen LogP contribution in [-0.4, -0.2) is 0 Å². The molecule has 2 aliphatic carbocycles. The lowest BCUT2D eigenvalue weighted by molar-refractivity contribution is 0.487. The van der Waals surface area contributed by atoms with E-state index in [0.29, 0.717) is 0 Å². The number of rotatable bonds is 3. The van der Waals surface area contributed by atoms with E-state index >= 15 is 0 Å². The number of ether oxygens (including phenoxy) is 1. The second-order valence-corrected chi connectivity index (χ2v) is 12.0. The third kappa shape index (κ3) is 4.07. The Kier molecular flexibility index (Phi) is 5.52. The van der Waals surface area contributed by atoms with E-state index in [9.17, 15) is 0 Å². The minimum absolute atomic E-state index is 0.935. The van der Waals surface area contributed by atoms with Crippen LogP contribution in [0.25, 0.3) is 55.5 Å². The molecule has 1 heteroatoms. The average molecular weight is 551 g/mol. The van der Waals surface area contributed by atoms with E-state index in [1.165, 1.54) is 77.2 Å². The molecule has 0 fully saturated rings. The Hall–Kier alpha value is -5.14. The summed E-state index contributed by atoms with van der Waals surface area (Å²) in [7, 11) is 0. The summed E-state index contributed by atoms with van der Waals surface area (Å²) in [5.74, 6) is 1.89. The maximum atomic E-state index is 6.33. The number of hydrogen-bond donors (Lipinski definition) is 0. The monoisotopic (exact) mass is 550 g/mol. The van der Waals surface area contributed by atoms with Crippen molar-refractivity contribution in [2.24, 2.45) is 0 Å². The molecule has 0 unspecified atom stereocenters. The van der Waals surface area contributed by atoms with Crippen molar-refractivity contribution < 1.29 is 4.74 Å². The van der Waals surface area contributed by atoms with Gasteiger partial charge in [0.25, 0.3) is 0 Å². The standard InChI is InChI=1S/C42H30O/c1-2-7-30-24-32(17-14-27(30)6-1)35-21-20-33-25-31(18-19-34(33)26-35)28-12-15-29(16-13-28)36-22-23-41-42-38(36)9-5-10-39(42)37-8-3-4-11-40(37)43-41/h1-12,14-15,17-19,22-26H,13,16,20-21H2. The molecule has 0 radical (unpaired) electrons. The van der Waals surface area contributed by atoms with Crippen molar-refractivity contribution in [1.82, 2.24) is 0 Å². The molecule has 0 N–H and O–H groups in total. The van der Waals surface area contributed by atoms with Gasteiger partial charge >= 0.3 is 0 Å². The molecule has 1 aliphatic heterocycles. The van der Waals surface area contributed by atoms with Crippen LogP contribution in [0, 0.1) is 0 Å². The summed E-state index contributed by atoms with van der Waals surface area (Å²) in [6.07, 6.45) is 11.3. The van der Waals surface area contributed by atoms with Crippen LogP contribution >= 0.6 is 0 Å². The molecule has 0 aromatic heterocycles. The SMILES string of the molecule is C1=C(c2ccc3c(c2)CCC(c2ccc4ccccc4c2)=C3)CCC(c2ccc3c4c(cccc24)-c2ccccc2O3)=C1. The van der Waals surface area contributed by atoms with Crippen LogP contribution < -0.4 is 4.74 Å². The average Bonchev–Trinajstić information content (AvgIpc) is 3.08. The van der Waals surface area contributed by atoms with Crippen molar-refractivity contribution in [1.29, 1.82) is 0 Å².